The van der Waals surface area contributed by atoms with Crippen molar-refractivity contribution in [2.75, 3.05) is 57.6 Å². The minimum Gasteiger partial charge on any atom is -0.382 e. The lowest BCUT2D eigenvalue weighted by Crippen LogP contribution is -2.67. The fourth-order valence-corrected chi connectivity index (χ4v) is 24.1. The van der Waals surface area contributed by atoms with E-state index in [4.69, 9.17) is 51.6 Å². The summed E-state index contributed by atoms with van der Waals surface area (Å²) in [5.41, 5.74) is 3.18. The Hall–Kier alpha value is -6.82. The van der Waals surface area contributed by atoms with Crippen molar-refractivity contribution >= 4 is 114 Å². The van der Waals surface area contributed by atoms with Gasteiger partial charge in [0.2, 0.25) is 6.04 Å². The number of hydroxylamine groups is 2. The minimum absolute atomic E-state index is 0.00688. The third-order valence-corrected chi connectivity index (χ3v) is 33.7. The fourth-order valence-electron chi connectivity index (χ4n) is 13.2. The number of nitro groups is 1. The van der Waals surface area contributed by atoms with Crippen LogP contribution in [0.2, 0.25) is 6.04 Å². The van der Waals surface area contributed by atoms with Crippen LogP contribution in [-0.4, -0.2) is 219 Å². The lowest BCUT2D eigenvalue weighted by atomic mass is 9.81. The summed E-state index contributed by atoms with van der Waals surface area (Å²) in [7, 11) is -22.7. The number of imide groups is 1. The highest BCUT2D eigenvalue weighted by Gasteiger charge is 2.51. The van der Waals surface area contributed by atoms with E-state index in [2.05, 4.69) is 83.9 Å². The zero-order chi connectivity index (χ0) is 99.5. The molecule has 0 bridgehead atoms. The maximum absolute atomic E-state index is 13.1. The Balaban J connectivity index is 0.000000431. The van der Waals surface area contributed by atoms with Crippen LogP contribution in [0.5, 0.6) is 0 Å². The first kappa shape index (κ1) is 119. The summed E-state index contributed by atoms with van der Waals surface area (Å²) < 4.78 is 191. The Bertz CT molecular complexity index is 5000. The molecule has 1 aliphatic carbocycles. The second kappa shape index (κ2) is 58.7. The van der Waals surface area contributed by atoms with E-state index in [1.54, 1.807) is 96.8 Å². The fraction of sp³-hybridized carbons (Fsp3) is 0.571. The number of amides is 2. The Morgan fingerprint density at radius 3 is 1.14 bits per heavy atom. The van der Waals surface area contributed by atoms with Crippen molar-refractivity contribution in [1.82, 2.24) is 9.96 Å². The summed E-state index contributed by atoms with van der Waals surface area (Å²) in [6, 6.07) is 51.6. The highest BCUT2D eigenvalue weighted by atomic mass is 35.5. The highest BCUT2D eigenvalue weighted by Crippen LogP contribution is 2.39. The molecule has 3 N–H and O–H groups in total. The molecule has 2 aliphatic rings. The number of hydrogen-bond acceptors (Lipinski definition) is 31. The monoisotopic (exact) mass is 2010 g/mol. The van der Waals surface area contributed by atoms with Gasteiger partial charge < -0.3 is 34.3 Å². The van der Waals surface area contributed by atoms with Gasteiger partial charge >= 0.3 is 10.1 Å². The molecule has 6 aromatic carbocycles. The number of hydrogen-bond donors (Lipinski definition) is 3. The standard InChI is InChI=1S/C34H33NO5SSi.C13H27NO6S.C13H19NO5S.C12H18O3S.C10H22O6S.C9H19ClO5S/c36-33-31-18-10-11-19-32(31)34(37)35(33)40-41(38,39)27-22-20-26(21-23-27)24-25-42(28-12-4-1-5-13-28,29-14-6-2-7-15-29)30-16-8-3-9-17-30;1-6-10(2)13(16)19-9-21(17,18)20-12(4)8-14(5)7-11(3)15;1-4-5-12-6-8-13(9-7-12)20(17,18)19-11(3)10(2)14(15)16;1-4-5-11-6-8-12(9-7-11)16(13,14)15-10(2)3;1-5-8(2)10(11)15-7-17(12,13)16-9(3)6-14-4;1-4-7(2)9(11)14-6-16(12,13)15-8(3)5-10/h1-9,12-17,20-23,31-32H,10-11,18-19,24-25H2;10,12-13,16H,6-9H2,1-5H3;6-11H,4-5H2,1-3H3;6-10H,4-5H2,1-3H3;8-11H,5-7H2,1-4H3;7-9,11H,4-6H2,1-3H3. The van der Waals surface area contributed by atoms with Crippen LogP contribution in [-0.2, 0) is 139 Å². The molecule has 1 saturated heterocycles. The van der Waals surface area contributed by atoms with Crippen LogP contribution >= 0.6 is 11.6 Å². The number of aryl methyl sites for hydroxylation is 3. The van der Waals surface area contributed by atoms with Gasteiger partial charge in [0.05, 0.1) is 64.1 Å². The molecule has 2 amide bonds. The summed E-state index contributed by atoms with van der Waals surface area (Å²) in [5.74, 6) is -4.41. The number of ketones is 1. The third-order valence-electron chi connectivity index (χ3n) is 21.0. The number of aliphatic hydroxyl groups excluding tert-OH is 3. The maximum atomic E-state index is 13.1. The average molecular weight is 2010 g/mol. The molecule has 1 heterocycles. The van der Waals surface area contributed by atoms with Crippen molar-refractivity contribution < 1.29 is 129 Å². The normalized spacial score (nSPS) is 16.9. The van der Waals surface area contributed by atoms with Crippen molar-refractivity contribution in [3.05, 3.63) is 191 Å². The van der Waals surface area contributed by atoms with Crippen LogP contribution in [0.25, 0.3) is 0 Å². The largest absolute Gasteiger partial charge is 0.382 e. The number of carbonyl (C=O) groups excluding carboxylic acids is 3. The van der Waals surface area contributed by atoms with E-state index in [1.165, 1.54) is 74.6 Å². The van der Waals surface area contributed by atoms with Crippen LogP contribution in [0.1, 0.15) is 185 Å². The van der Waals surface area contributed by atoms with Gasteiger partial charge in [0, 0.05) is 49.1 Å². The first-order valence-electron chi connectivity index (χ1n) is 43.9. The first-order valence-corrected chi connectivity index (χ1v) is 55.6. The molecule has 1 aliphatic heterocycles. The van der Waals surface area contributed by atoms with E-state index in [-0.39, 0.29) is 63.4 Å². The number of aliphatic hydroxyl groups is 3. The zero-order valence-corrected chi connectivity index (χ0v) is 85.5. The highest BCUT2D eigenvalue weighted by molar-refractivity contribution is 7.88. The van der Waals surface area contributed by atoms with Gasteiger partial charge in [-0.2, -0.15) is 50.5 Å². The van der Waals surface area contributed by atoms with Gasteiger partial charge in [0.1, 0.15) is 20.0 Å². The number of rotatable bonds is 49. The minimum atomic E-state index is -4.35. The Morgan fingerprint density at radius 2 is 0.826 bits per heavy atom. The number of methoxy groups -OCH3 is 1. The van der Waals surface area contributed by atoms with Gasteiger partial charge in [-0.25, -0.2) is 0 Å². The smallest absolute Gasteiger partial charge is 0.318 e. The molecule has 0 spiro atoms. The van der Waals surface area contributed by atoms with Crippen LogP contribution < -0.4 is 15.6 Å². The van der Waals surface area contributed by atoms with Crippen LogP contribution in [0.15, 0.2) is 178 Å². The molecule has 33 nitrogen and oxygen atoms in total. The Morgan fingerprint density at radius 1 is 0.492 bits per heavy atom. The van der Waals surface area contributed by atoms with Crippen molar-refractivity contribution in [2.45, 2.75) is 264 Å². The summed E-state index contributed by atoms with van der Waals surface area (Å²) in [4.78, 5) is 48.3. The summed E-state index contributed by atoms with van der Waals surface area (Å²) in [6.45, 7) is 28.0. The van der Waals surface area contributed by atoms with E-state index in [9.17, 15) is 90.3 Å². The van der Waals surface area contributed by atoms with Gasteiger partial charge in [-0.15, -0.1) is 20.9 Å². The summed E-state index contributed by atoms with van der Waals surface area (Å²) in [6.07, 6.45) is 3.06. The molecule has 6 aromatic rings. The quantitative estimate of drug-likeness (QED) is 0.00467. The number of halogens is 1. The molecular weight excluding hydrogens is 1870 g/mol. The number of alkyl halides is 1. The van der Waals surface area contributed by atoms with Gasteiger partial charge in [-0.05, 0) is 182 Å². The van der Waals surface area contributed by atoms with Crippen LogP contribution in [0.4, 0.5) is 0 Å². The zero-order valence-electron chi connectivity index (χ0n) is 78.8. The summed E-state index contributed by atoms with van der Waals surface area (Å²) in [5, 5.41) is 43.5. The van der Waals surface area contributed by atoms with Gasteiger partial charge in [0.25, 0.3) is 62.4 Å². The first-order chi connectivity index (χ1) is 61.8. The van der Waals surface area contributed by atoms with Gasteiger partial charge in [-0.1, -0.05) is 208 Å². The second-order valence-corrected chi connectivity index (χ2v) is 46.6. The average Bonchev–Trinajstić information content (AvgIpc) is 1.19. The van der Waals surface area contributed by atoms with Crippen LogP contribution in [0, 0.1) is 39.7 Å². The van der Waals surface area contributed by atoms with Gasteiger partial charge in [-0.3, -0.25) is 50.3 Å². The molecule has 132 heavy (non-hydrogen) atoms. The van der Waals surface area contributed by atoms with E-state index in [1.807, 2.05) is 58.0 Å². The van der Waals surface area contributed by atoms with Crippen LogP contribution in [0.3, 0.4) is 0 Å². The molecule has 1 saturated carbocycles. The molecule has 744 valence electrons. The summed E-state index contributed by atoms with van der Waals surface area (Å²) >= 11 is 5.41. The van der Waals surface area contributed by atoms with Crippen molar-refractivity contribution in [3.8, 4) is 0 Å². The van der Waals surface area contributed by atoms with Crippen molar-refractivity contribution in [3.63, 3.8) is 0 Å². The predicted molar refractivity (Wildman–Crippen MR) is 506 cm³/mol. The van der Waals surface area contributed by atoms with E-state index < -0.39 is 165 Å². The number of Topliss-reactive ketones (excluding diaryl/α,β-unsaturated/α-hetero) is 1. The lowest BCUT2D eigenvalue weighted by Gasteiger charge is -2.34. The van der Waals surface area contributed by atoms with E-state index >= 15 is 0 Å². The van der Waals surface area contributed by atoms with Crippen molar-refractivity contribution in [2.24, 2.45) is 29.6 Å². The molecule has 13 unspecified atom stereocenters. The second-order valence-electron chi connectivity index (χ2n) is 32.9. The molecule has 13 atom stereocenters. The number of nitrogens with zero attached hydrogens (tertiary/aromatic N) is 3. The number of benzene rings is 6. The molecule has 8 rings (SSSR count). The topological polar surface area (TPSA) is 459 Å². The maximum Gasteiger partial charge on any atom is 0.318 e. The third kappa shape index (κ3) is 42.0. The Kier molecular flexibility index (Phi) is 53.1. The molecule has 0 aromatic heterocycles. The number of carbonyl (C=O) groups is 3. The predicted octanol–water partition coefficient (Wildman–Crippen LogP) is 11.9. The molecular formula is C91H138ClN3O30S6Si. The van der Waals surface area contributed by atoms with Gasteiger partial charge in [0.15, 0.2) is 36.7 Å². The molecule has 2 fully saturated rings. The SMILES string of the molecule is CCC(C)C(O)OCS(=O)(=O)OC(C)CCl.CCC(C)C(O)OCS(=O)(=O)OC(C)CN(C)CC(C)=O.CCC(C)C(O)OCS(=O)(=O)OC(C)COC.CCCc1ccc(S(=O)(=O)OC(C)C(C)[N+](=O)[O-])cc1.CCCc1ccc(S(=O)(=O)OC(C)C)cc1.O=C1C2CCCCC2C(=O)N1OS(=O)(=O)c1ccc(CC[Si](c2ccccc2)(c2ccccc2)c2ccccc2)cc1. The number of ether oxygens (including phenoxy) is 4. The number of fused-ring (bicyclic) bond motifs is 1. The van der Waals surface area contributed by atoms with E-state index in [0.29, 0.717) is 43.7 Å². The molecule has 0 radical (unpaired) electrons. The number of likely N-dealkylation sites (N-methyl/N-ethyl adjacent to an activating group) is 1. The molecule has 41 heteroatoms. The van der Waals surface area contributed by atoms with Crippen molar-refractivity contribution in [1.29, 1.82) is 0 Å². The Labute approximate surface area is 789 Å². The lowest BCUT2D eigenvalue weighted by molar-refractivity contribution is -0.527. The van der Waals surface area contributed by atoms with E-state index in [0.717, 1.165) is 67.7 Å².